The number of benzene rings is 2. The van der Waals surface area contributed by atoms with Gasteiger partial charge in [0.05, 0.1) is 42.4 Å². The van der Waals surface area contributed by atoms with Gasteiger partial charge in [-0.1, -0.05) is 17.7 Å². The lowest BCUT2D eigenvalue weighted by molar-refractivity contribution is -0.126. The number of sulfone groups is 1. The van der Waals surface area contributed by atoms with E-state index in [1.165, 1.54) is 25.1 Å². The number of ether oxygens (including phenoxy) is 4. The molecule has 2 fully saturated rings. The van der Waals surface area contributed by atoms with Crippen molar-refractivity contribution in [3.05, 3.63) is 76.6 Å². The van der Waals surface area contributed by atoms with Crippen LogP contribution in [0.4, 0.5) is 5.69 Å². The van der Waals surface area contributed by atoms with Crippen LogP contribution in [0.3, 0.4) is 0 Å². The number of hydrogen-bond acceptors (Lipinski definition) is 10. The molecule has 0 N–H and O–H groups in total. The molecular formula is C36H44ClN3O7S. The van der Waals surface area contributed by atoms with E-state index in [9.17, 15) is 13.2 Å². The molecule has 6 rings (SSSR count). The van der Waals surface area contributed by atoms with Crippen LogP contribution in [-0.2, 0) is 37.1 Å². The highest BCUT2D eigenvalue weighted by molar-refractivity contribution is 7.91. The number of carbonyl (C=O) groups is 1. The third kappa shape index (κ3) is 8.30. The number of rotatable bonds is 9. The van der Waals surface area contributed by atoms with Crippen LogP contribution in [0.2, 0.25) is 5.02 Å². The highest BCUT2D eigenvalue weighted by atomic mass is 35.5. The van der Waals surface area contributed by atoms with Crippen molar-refractivity contribution >= 4 is 33.1 Å². The summed E-state index contributed by atoms with van der Waals surface area (Å²) in [5, 5.41) is 0.552. The van der Waals surface area contributed by atoms with Gasteiger partial charge in [-0.3, -0.25) is 0 Å². The number of aromatic nitrogens is 2. The first-order valence-corrected chi connectivity index (χ1v) is 18.9. The molecule has 0 spiro atoms. The maximum absolute atomic E-state index is 12.8. The van der Waals surface area contributed by atoms with E-state index in [0.29, 0.717) is 30.6 Å². The summed E-state index contributed by atoms with van der Waals surface area (Å²) in [7, 11) is -2.26. The summed E-state index contributed by atoms with van der Waals surface area (Å²) in [6, 6.07) is 13.1. The van der Waals surface area contributed by atoms with Crippen LogP contribution in [0.25, 0.3) is 0 Å². The number of nitrogens with zero attached hydrogens (tertiary/aromatic N) is 3. The minimum Gasteiger partial charge on any atom is -0.487 e. The highest BCUT2D eigenvalue weighted by Crippen LogP contribution is 2.43. The summed E-state index contributed by atoms with van der Waals surface area (Å²) >= 11 is 6.34. The van der Waals surface area contributed by atoms with E-state index in [2.05, 4.69) is 14.9 Å². The van der Waals surface area contributed by atoms with Crippen molar-refractivity contribution in [3.63, 3.8) is 0 Å². The average molecular weight is 698 g/mol. The Morgan fingerprint density at radius 2 is 1.92 bits per heavy atom. The quantitative estimate of drug-likeness (QED) is 0.192. The summed E-state index contributed by atoms with van der Waals surface area (Å²) in [4.78, 5) is 22.8. The second kappa shape index (κ2) is 15.5. The number of halogens is 1. The van der Waals surface area contributed by atoms with Gasteiger partial charge in [0.1, 0.15) is 12.4 Å². The molecule has 0 unspecified atom stereocenters. The minimum atomic E-state index is -3.65. The number of aryl methyl sites for hydroxylation is 1. The molecule has 2 aliphatic heterocycles. The average Bonchev–Trinajstić information content (AvgIpc) is 3.09. The van der Waals surface area contributed by atoms with Crippen LogP contribution < -0.4 is 9.64 Å². The van der Waals surface area contributed by atoms with Gasteiger partial charge >= 0.3 is 5.97 Å². The van der Waals surface area contributed by atoms with Gasteiger partial charge in [0.2, 0.25) is 15.0 Å². The van der Waals surface area contributed by atoms with E-state index < -0.39 is 15.9 Å². The predicted octanol–water partition coefficient (Wildman–Crippen LogP) is 6.09. The smallest absolute Gasteiger partial charge is 0.337 e. The van der Waals surface area contributed by atoms with Crippen molar-refractivity contribution in [2.45, 2.75) is 81.9 Å². The van der Waals surface area contributed by atoms with Crippen molar-refractivity contribution < 1.29 is 32.2 Å². The van der Waals surface area contributed by atoms with Crippen LogP contribution in [0.15, 0.2) is 60.0 Å². The topological polar surface area (TPSA) is 117 Å². The van der Waals surface area contributed by atoms with E-state index in [1.54, 1.807) is 19.1 Å². The van der Waals surface area contributed by atoms with E-state index in [0.717, 1.165) is 80.1 Å². The fourth-order valence-electron chi connectivity index (χ4n) is 7.19. The predicted molar refractivity (Wildman–Crippen MR) is 182 cm³/mol. The summed E-state index contributed by atoms with van der Waals surface area (Å²) in [6.45, 7) is 4.40. The van der Waals surface area contributed by atoms with Crippen LogP contribution in [0.1, 0.15) is 66.9 Å². The highest BCUT2D eigenvalue weighted by Gasteiger charge is 2.41. The van der Waals surface area contributed by atoms with Gasteiger partial charge < -0.3 is 23.8 Å². The van der Waals surface area contributed by atoms with Crippen LogP contribution in [-0.4, -0.2) is 75.2 Å². The first-order valence-electron chi connectivity index (χ1n) is 16.8. The Hall–Kier alpha value is -3.25. The Labute approximate surface area is 288 Å². The second-order valence-corrected chi connectivity index (χ2v) is 15.5. The second-order valence-electron chi connectivity index (χ2n) is 13.1. The number of anilines is 1. The zero-order valence-corrected chi connectivity index (χ0v) is 29.1. The van der Waals surface area contributed by atoms with Crippen molar-refractivity contribution in [3.8, 4) is 5.75 Å². The van der Waals surface area contributed by atoms with E-state index in [-0.39, 0.29) is 29.1 Å². The van der Waals surface area contributed by atoms with Gasteiger partial charge in [-0.05, 0) is 105 Å². The van der Waals surface area contributed by atoms with Crippen LogP contribution in [0, 0.1) is 11.8 Å². The number of methoxy groups -OCH3 is 1. The Bertz CT molecular complexity index is 1680. The molecule has 258 valence electrons. The lowest BCUT2D eigenvalue weighted by Gasteiger charge is -2.46. The van der Waals surface area contributed by atoms with Crippen molar-refractivity contribution in [1.82, 2.24) is 9.97 Å². The zero-order chi connectivity index (χ0) is 33.7. The molecule has 0 radical (unpaired) electrons. The standard InChI is InChI=1S/C36H44ClN3O7S/c1-24(23-48(42,43)36-38-14-5-15-39-36)47-30-13-17-45-34(20-30)31-11-8-27(31)21-40-16-4-3-6-25-18-29(37)10-7-28(25)22-46-33-12-9-26(19-32(33)40)35(41)44-2/h5,7,9-10,12,14-15,18-19,24,27,30-31,34H,3-4,6,8,11,13,16-17,20-23H2,1-2H3/t24-,27-,30+,31+,34-/m0/s1. The number of hydrogen-bond donors (Lipinski definition) is 0. The van der Waals surface area contributed by atoms with E-state index >= 15 is 0 Å². The molecule has 1 aliphatic carbocycles. The normalized spacial score (nSPS) is 23.8. The Kier molecular flexibility index (Phi) is 11.2. The Morgan fingerprint density at radius 1 is 1.08 bits per heavy atom. The minimum absolute atomic E-state index is 0.0315. The summed E-state index contributed by atoms with van der Waals surface area (Å²) in [6.07, 6.45) is 8.78. The third-order valence-corrected chi connectivity index (χ3v) is 11.7. The molecule has 1 saturated carbocycles. The maximum Gasteiger partial charge on any atom is 0.337 e. The van der Waals surface area contributed by atoms with Gasteiger partial charge in [-0.25, -0.2) is 23.2 Å². The van der Waals surface area contributed by atoms with Gasteiger partial charge in [0.25, 0.3) is 0 Å². The molecule has 48 heavy (non-hydrogen) atoms. The molecule has 3 aromatic rings. The van der Waals surface area contributed by atoms with E-state index in [1.807, 2.05) is 30.3 Å². The van der Waals surface area contributed by atoms with Crippen molar-refractivity contribution in [2.75, 3.05) is 37.5 Å². The zero-order valence-electron chi connectivity index (χ0n) is 27.6. The number of esters is 1. The molecule has 0 amide bonds. The van der Waals surface area contributed by atoms with Gasteiger partial charge in [0.15, 0.2) is 0 Å². The summed E-state index contributed by atoms with van der Waals surface area (Å²) < 4.78 is 49.7. The van der Waals surface area contributed by atoms with Gasteiger partial charge in [-0.2, -0.15) is 0 Å². The van der Waals surface area contributed by atoms with Gasteiger partial charge in [0, 0.05) is 43.5 Å². The molecule has 10 nitrogen and oxygen atoms in total. The van der Waals surface area contributed by atoms with E-state index in [4.69, 9.17) is 30.5 Å². The summed E-state index contributed by atoms with van der Waals surface area (Å²) in [5.41, 5.74) is 3.70. The molecule has 3 aliphatic rings. The number of fused-ring (bicyclic) bond motifs is 2. The van der Waals surface area contributed by atoms with Crippen molar-refractivity contribution in [1.29, 1.82) is 0 Å². The molecule has 3 heterocycles. The molecule has 5 atom stereocenters. The van der Waals surface area contributed by atoms with Crippen molar-refractivity contribution in [2.24, 2.45) is 11.8 Å². The third-order valence-electron chi connectivity index (χ3n) is 9.77. The fraction of sp³-hybridized carbons (Fsp3) is 0.528. The molecule has 0 bridgehead atoms. The molecular weight excluding hydrogens is 654 g/mol. The van der Waals surface area contributed by atoms with Crippen LogP contribution in [0.5, 0.6) is 5.75 Å². The monoisotopic (exact) mass is 697 g/mol. The summed E-state index contributed by atoms with van der Waals surface area (Å²) in [5.74, 6) is 0.915. The Balaban J connectivity index is 1.14. The SMILES string of the molecule is COC(=O)c1ccc2c(c1)N(C[C@@H]1CC[C@H]1[C@@H]1C[C@H](O[C@@H](C)CS(=O)(=O)c3ncccn3)CCO1)CCCCc1cc(Cl)ccc1CO2. The molecule has 12 heteroatoms. The van der Waals surface area contributed by atoms with Gasteiger partial charge in [-0.15, -0.1) is 0 Å². The largest absolute Gasteiger partial charge is 0.487 e. The molecule has 1 aromatic heterocycles. The molecule has 2 aromatic carbocycles. The maximum atomic E-state index is 12.8. The fourth-order valence-corrected chi connectivity index (χ4v) is 8.68. The lowest BCUT2D eigenvalue weighted by atomic mass is 9.68. The first kappa shape index (κ1) is 34.6. The number of carbonyl (C=O) groups excluding carboxylic acids is 1. The first-order chi connectivity index (χ1) is 23.2. The van der Waals surface area contributed by atoms with Crippen LogP contribution >= 0.6 is 11.6 Å². The Morgan fingerprint density at radius 3 is 2.69 bits per heavy atom. The molecule has 1 saturated heterocycles. The lowest BCUT2D eigenvalue weighted by Crippen LogP contribution is -2.47.